The van der Waals surface area contributed by atoms with Crippen molar-refractivity contribution in [3.63, 3.8) is 0 Å². The zero-order valence-corrected chi connectivity index (χ0v) is 19.3. The molecule has 0 fully saturated rings. The van der Waals surface area contributed by atoms with Gasteiger partial charge in [-0.05, 0) is 47.7 Å². The Morgan fingerprint density at radius 3 is 2.41 bits per heavy atom. The van der Waals surface area contributed by atoms with E-state index in [-0.39, 0.29) is 30.1 Å². The van der Waals surface area contributed by atoms with Crippen molar-refractivity contribution in [1.82, 2.24) is 10.0 Å². The van der Waals surface area contributed by atoms with Gasteiger partial charge in [0, 0.05) is 12.2 Å². The maximum Gasteiger partial charge on any atom is 0.322 e. The molecule has 0 saturated carbocycles. The number of phenolic OH excluding ortho intramolecular Hbond substituents is 1. The average Bonchev–Trinajstić information content (AvgIpc) is 2.78. The third-order valence-corrected chi connectivity index (χ3v) is 6.21. The molecule has 0 aliphatic rings. The summed E-state index contributed by atoms with van der Waals surface area (Å²) in [5.41, 5.74) is 1.70. The van der Waals surface area contributed by atoms with Gasteiger partial charge < -0.3 is 20.8 Å². The largest absolute Gasteiger partial charge is 0.507 e. The number of carbonyl (C=O) groups is 3. The Bertz CT molecular complexity index is 1250. The predicted molar refractivity (Wildman–Crippen MR) is 122 cm³/mol. The molecule has 0 unspecified atom stereocenters. The number of nitriles is 1. The SMILES string of the molecule is CC(C)c1ccc(CCNS(=O)(=O)c2cc(C#N)ccc2O)c(NC(=O)C(=O)NCC(=O)O)c1. The van der Waals surface area contributed by atoms with Crippen LogP contribution in [0.25, 0.3) is 0 Å². The number of carboxylic acids is 1. The van der Waals surface area contributed by atoms with Crippen molar-refractivity contribution < 1.29 is 33.0 Å². The van der Waals surface area contributed by atoms with Crippen LogP contribution >= 0.6 is 0 Å². The van der Waals surface area contributed by atoms with E-state index in [1.54, 1.807) is 24.3 Å². The number of aliphatic carboxylic acids is 1. The van der Waals surface area contributed by atoms with E-state index in [0.717, 1.165) is 17.7 Å². The summed E-state index contributed by atoms with van der Waals surface area (Å²) >= 11 is 0. The van der Waals surface area contributed by atoms with Gasteiger partial charge in [0.2, 0.25) is 10.0 Å². The molecule has 0 aliphatic carbocycles. The summed E-state index contributed by atoms with van der Waals surface area (Å²) in [6.45, 7) is 3.02. The fourth-order valence-electron chi connectivity index (χ4n) is 2.90. The molecule has 0 aromatic heterocycles. The van der Waals surface area contributed by atoms with Gasteiger partial charge in [-0.3, -0.25) is 14.4 Å². The predicted octanol–water partition coefficient (Wildman–Crippen LogP) is 1.05. The molecule has 0 spiro atoms. The van der Waals surface area contributed by atoms with Crippen molar-refractivity contribution in [1.29, 1.82) is 5.26 Å². The minimum atomic E-state index is -4.14. The van der Waals surface area contributed by atoms with Crippen LogP contribution in [0.4, 0.5) is 5.69 Å². The minimum Gasteiger partial charge on any atom is -0.507 e. The number of hydrogen-bond donors (Lipinski definition) is 5. The number of phenols is 1. The summed E-state index contributed by atoms with van der Waals surface area (Å²) in [6.07, 6.45) is 0.114. The highest BCUT2D eigenvalue weighted by Crippen LogP contribution is 2.25. The average molecular weight is 489 g/mol. The molecule has 34 heavy (non-hydrogen) atoms. The first-order chi connectivity index (χ1) is 15.9. The van der Waals surface area contributed by atoms with Gasteiger partial charge in [-0.15, -0.1) is 0 Å². The van der Waals surface area contributed by atoms with Crippen molar-refractivity contribution in [2.45, 2.75) is 31.1 Å². The van der Waals surface area contributed by atoms with E-state index in [2.05, 4.69) is 10.0 Å². The second-order valence-corrected chi connectivity index (χ2v) is 9.28. The number of amides is 2. The molecule has 2 amide bonds. The van der Waals surface area contributed by atoms with E-state index in [9.17, 15) is 27.9 Å². The lowest BCUT2D eigenvalue weighted by Crippen LogP contribution is -2.38. The molecule has 0 radical (unpaired) electrons. The van der Waals surface area contributed by atoms with E-state index in [0.29, 0.717) is 5.56 Å². The number of hydrogen-bond acceptors (Lipinski definition) is 7. The molecule has 2 rings (SSSR count). The second-order valence-electron chi connectivity index (χ2n) is 7.54. The number of nitrogens with zero attached hydrogens (tertiary/aromatic N) is 1. The van der Waals surface area contributed by atoms with Crippen LogP contribution in [0.1, 0.15) is 36.5 Å². The highest BCUT2D eigenvalue weighted by Gasteiger charge is 2.20. The van der Waals surface area contributed by atoms with Crippen molar-refractivity contribution in [2.75, 3.05) is 18.4 Å². The summed E-state index contributed by atoms with van der Waals surface area (Å²) in [6, 6.07) is 10.4. The van der Waals surface area contributed by atoms with E-state index < -0.39 is 45.0 Å². The van der Waals surface area contributed by atoms with Crippen molar-refractivity contribution in [3.8, 4) is 11.8 Å². The number of carboxylic acid groups (broad SMARTS) is 1. The van der Waals surface area contributed by atoms with Crippen LogP contribution in [-0.4, -0.2) is 49.5 Å². The van der Waals surface area contributed by atoms with Crippen molar-refractivity contribution in [3.05, 3.63) is 53.1 Å². The first-order valence-electron chi connectivity index (χ1n) is 10.1. The van der Waals surface area contributed by atoms with Gasteiger partial charge in [0.25, 0.3) is 0 Å². The van der Waals surface area contributed by atoms with Crippen LogP contribution in [0, 0.1) is 11.3 Å². The van der Waals surface area contributed by atoms with Gasteiger partial charge in [0.15, 0.2) is 0 Å². The molecular formula is C22H24N4O7S. The monoisotopic (exact) mass is 488 g/mol. The van der Waals surface area contributed by atoms with E-state index >= 15 is 0 Å². The molecule has 0 atom stereocenters. The number of carbonyl (C=O) groups excluding carboxylic acids is 2. The molecule has 0 aliphatic heterocycles. The van der Waals surface area contributed by atoms with Crippen LogP contribution in [-0.2, 0) is 30.8 Å². The summed E-state index contributed by atoms with van der Waals surface area (Å²) in [5, 5.41) is 31.9. The molecule has 2 aromatic rings. The topological polar surface area (TPSA) is 186 Å². The fraction of sp³-hybridized carbons (Fsp3) is 0.273. The molecule has 11 nitrogen and oxygen atoms in total. The fourth-order valence-corrected chi connectivity index (χ4v) is 4.05. The zero-order valence-electron chi connectivity index (χ0n) is 18.5. The summed E-state index contributed by atoms with van der Waals surface area (Å²) < 4.78 is 27.5. The Morgan fingerprint density at radius 1 is 1.09 bits per heavy atom. The molecule has 0 heterocycles. The van der Waals surface area contributed by atoms with Crippen LogP contribution in [0.5, 0.6) is 5.75 Å². The van der Waals surface area contributed by atoms with E-state index in [1.165, 1.54) is 6.07 Å². The highest BCUT2D eigenvalue weighted by atomic mass is 32.2. The van der Waals surface area contributed by atoms with Crippen LogP contribution < -0.4 is 15.4 Å². The van der Waals surface area contributed by atoms with Gasteiger partial charge >= 0.3 is 17.8 Å². The molecular weight excluding hydrogens is 464 g/mol. The van der Waals surface area contributed by atoms with Gasteiger partial charge in [0.05, 0.1) is 11.6 Å². The Kier molecular flexibility index (Phi) is 8.71. The first-order valence-corrected chi connectivity index (χ1v) is 11.6. The maximum atomic E-state index is 12.6. The molecule has 5 N–H and O–H groups in total. The summed E-state index contributed by atoms with van der Waals surface area (Å²) in [5.74, 6) is -3.91. The Morgan fingerprint density at radius 2 is 1.79 bits per heavy atom. The Hall–Kier alpha value is -3.95. The number of anilines is 1. The highest BCUT2D eigenvalue weighted by molar-refractivity contribution is 7.89. The van der Waals surface area contributed by atoms with Crippen molar-refractivity contribution in [2.24, 2.45) is 0 Å². The number of aromatic hydroxyl groups is 1. The lowest BCUT2D eigenvalue weighted by molar-refractivity contribution is -0.140. The Labute approximate surface area is 196 Å². The molecule has 0 saturated heterocycles. The normalized spacial score (nSPS) is 11.0. The van der Waals surface area contributed by atoms with E-state index in [1.807, 2.05) is 19.2 Å². The molecule has 0 bridgehead atoms. The zero-order chi connectivity index (χ0) is 25.5. The third kappa shape index (κ3) is 7.03. The lowest BCUT2D eigenvalue weighted by atomic mass is 9.99. The lowest BCUT2D eigenvalue weighted by Gasteiger charge is -2.15. The quantitative estimate of drug-likeness (QED) is 0.324. The van der Waals surface area contributed by atoms with Gasteiger partial charge in [-0.2, -0.15) is 5.26 Å². The minimum absolute atomic E-state index is 0.0635. The van der Waals surface area contributed by atoms with Crippen LogP contribution in [0.2, 0.25) is 0 Å². The van der Waals surface area contributed by atoms with Crippen LogP contribution in [0.15, 0.2) is 41.3 Å². The second kappa shape index (κ2) is 11.3. The van der Waals surface area contributed by atoms with Gasteiger partial charge in [-0.25, -0.2) is 13.1 Å². The number of sulfonamides is 1. The molecule has 2 aromatic carbocycles. The van der Waals surface area contributed by atoms with Gasteiger partial charge in [-0.1, -0.05) is 26.0 Å². The van der Waals surface area contributed by atoms with E-state index in [4.69, 9.17) is 10.4 Å². The number of rotatable bonds is 9. The van der Waals surface area contributed by atoms with Gasteiger partial charge in [0.1, 0.15) is 17.2 Å². The number of nitrogens with one attached hydrogen (secondary N) is 3. The third-order valence-electron chi connectivity index (χ3n) is 4.72. The Balaban J connectivity index is 2.19. The summed E-state index contributed by atoms with van der Waals surface area (Å²) in [4.78, 5) is 34.2. The smallest absolute Gasteiger partial charge is 0.322 e. The maximum absolute atomic E-state index is 12.6. The number of benzene rings is 2. The van der Waals surface area contributed by atoms with Crippen LogP contribution in [0.3, 0.4) is 0 Å². The first kappa shape index (κ1) is 26.3. The van der Waals surface area contributed by atoms with Crippen molar-refractivity contribution >= 4 is 33.5 Å². The molecule has 180 valence electrons. The summed E-state index contributed by atoms with van der Waals surface area (Å²) in [7, 11) is -4.14. The molecule has 12 heteroatoms. The standard InChI is InChI=1S/C22H24N4O7S/c1-13(2)16-5-4-15(17(10-16)26-22(31)21(30)24-12-20(28)29)7-8-25-34(32,33)19-9-14(11-23)3-6-18(19)27/h3-6,9-10,13,25,27H,7-8,12H2,1-2H3,(H,24,30)(H,26,31)(H,28,29).